The first-order chi connectivity index (χ1) is 14.3. The molecule has 0 saturated heterocycles. The minimum Gasteiger partial charge on any atom is -0.502 e. The van der Waals surface area contributed by atoms with Crippen molar-refractivity contribution >= 4 is 0 Å². The molecule has 162 valence electrons. The molecule has 0 bridgehead atoms. The van der Waals surface area contributed by atoms with Crippen LogP contribution in [0.15, 0.2) is 18.2 Å². The Morgan fingerprint density at radius 2 is 1.43 bits per heavy atom. The molecule has 0 spiro atoms. The summed E-state index contributed by atoms with van der Waals surface area (Å²) in [7, 11) is 7.65. The highest BCUT2D eigenvalue weighted by Crippen LogP contribution is 2.48. The number of hydrogen-bond acceptors (Lipinski definition) is 4. The van der Waals surface area contributed by atoms with Crippen molar-refractivity contribution in [2.24, 2.45) is 0 Å². The van der Waals surface area contributed by atoms with Crippen LogP contribution in [0.2, 0.25) is 0 Å². The van der Waals surface area contributed by atoms with Crippen molar-refractivity contribution in [3.63, 3.8) is 0 Å². The maximum absolute atomic E-state index is 11.0. The Bertz CT molecular complexity index is 959. The summed E-state index contributed by atoms with van der Waals surface area (Å²) >= 11 is 0. The number of hydrogen-bond donors (Lipinski definition) is 3. The van der Waals surface area contributed by atoms with Crippen molar-refractivity contribution in [2.75, 3.05) is 41.4 Å². The molecule has 2 unspecified atom stereocenters. The van der Waals surface area contributed by atoms with Crippen LogP contribution in [-0.2, 0) is 12.8 Å². The largest absolute Gasteiger partial charge is 0.502 e. The number of aromatic hydroxyl groups is 1. The molecule has 2 aliphatic rings. The number of ether oxygens (including phenoxy) is 3. The van der Waals surface area contributed by atoms with Crippen LogP contribution in [0.5, 0.6) is 28.7 Å². The van der Waals surface area contributed by atoms with E-state index in [-0.39, 0.29) is 11.8 Å². The molecule has 6 nitrogen and oxygen atoms in total. The van der Waals surface area contributed by atoms with Crippen LogP contribution in [0.25, 0.3) is 0 Å². The van der Waals surface area contributed by atoms with Gasteiger partial charge in [0.25, 0.3) is 0 Å². The number of likely N-dealkylation sites (N-methyl/N-ethyl adjacent to an activating group) is 2. The van der Waals surface area contributed by atoms with Crippen LogP contribution >= 0.6 is 0 Å². The van der Waals surface area contributed by atoms with E-state index >= 15 is 0 Å². The molecule has 4 atom stereocenters. The summed E-state index contributed by atoms with van der Waals surface area (Å²) in [5.41, 5.74) is 4.81. The number of quaternary nitrogens is 2. The van der Waals surface area contributed by atoms with Gasteiger partial charge < -0.3 is 29.1 Å². The lowest BCUT2D eigenvalue weighted by Gasteiger charge is -2.32. The lowest BCUT2D eigenvalue weighted by atomic mass is 9.91. The van der Waals surface area contributed by atoms with Crippen molar-refractivity contribution in [3.8, 4) is 28.7 Å². The SMILES string of the molecule is COc1cc2c(cc1Oc1c(O)c(OC)cc3c1[C@@H](C)[NH+](C)CC3)[C@H](C)[NH+](C)CC2. The molecular weight excluding hydrogens is 380 g/mol. The molecule has 2 aromatic rings. The van der Waals surface area contributed by atoms with Gasteiger partial charge in [-0.1, -0.05) is 0 Å². The number of fused-ring (bicyclic) bond motifs is 2. The second-order valence-electron chi connectivity index (χ2n) is 8.77. The Balaban J connectivity index is 1.85. The molecule has 2 aromatic carbocycles. The van der Waals surface area contributed by atoms with Gasteiger partial charge in [-0.25, -0.2) is 0 Å². The zero-order chi connectivity index (χ0) is 21.6. The average molecular weight is 415 g/mol. The fourth-order valence-corrected chi connectivity index (χ4v) is 4.83. The van der Waals surface area contributed by atoms with E-state index in [1.165, 1.54) is 26.5 Å². The smallest absolute Gasteiger partial charge is 0.201 e. The molecule has 0 saturated carbocycles. The second kappa shape index (κ2) is 8.00. The summed E-state index contributed by atoms with van der Waals surface area (Å²) in [4.78, 5) is 2.88. The van der Waals surface area contributed by atoms with Gasteiger partial charge in [0.2, 0.25) is 5.75 Å². The Kier molecular flexibility index (Phi) is 5.55. The van der Waals surface area contributed by atoms with Crippen molar-refractivity contribution in [1.82, 2.24) is 0 Å². The zero-order valence-corrected chi connectivity index (χ0v) is 18.9. The van der Waals surface area contributed by atoms with Gasteiger partial charge in [-0.3, -0.25) is 0 Å². The third-order valence-electron chi connectivity index (χ3n) is 7.16. The Morgan fingerprint density at radius 1 is 0.833 bits per heavy atom. The predicted molar refractivity (Wildman–Crippen MR) is 115 cm³/mol. The molecule has 0 radical (unpaired) electrons. The molecule has 4 rings (SSSR count). The number of nitrogens with one attached hydrogen (secondary N) is 2. The summed E-state index contributed by atoms with van der Waals surface area (Å²) < 4.78 is 17.6. The van der Waals surface area contributed by atoms with Crippen LogP contribution in [-0.4, -0.2) is 46.5 Å². The molecule has 0 aliphatic carbocycles. The summed E-state index contributed by atoms with van der Waals surface area (Å²) in [5.74, 6) is 2.32. The number of benzene rings is 2. The molecule has 30 heavy (non-hydrogen) atoms. The lowest BCUT2D eigenvalue weighted by Crippen LogP contribution is -3.10. The molecule has 2 aliphatic heterocycles. The minimum absolute atomic E-state index is 0.0494. The highest BCUT2D eigenvalue weighted by molar-refractivity contribution is 5.62. The van der Waals surface area contributed by atoms with Crippen molar-refractivity contribution < 1.29 is 29.1 Å². The van der Waals surface area contributed by atoms with Gasteiger partial charge in [0.1, 0.15) is 12.1 Å². The Hall–Kier alpha value is -2.44. The van der Waals surface area contributed by atoms with E-state index in [1.807, 2.05) is 6.07 Å². The monoisotopic (exact) mass is 414 g/mol. The summed E-state index contributed by atoms with van der Waals surface area (Å²) in [6.45, 7) is 6.57. The Morgan fingerprint density at radius 3 is 2.10 bits per heavy atom. The van der Waals surface area contributed by atoms with Crippen LogP contribution < -0.4 is 24.0 Å². The van der Waals surface area contributed by atoms with Crippen LogP contribution in [0.1, 0.15) is 48.2 Å². The van der Waals surface area contributed by atoms with Gasteiger partial charge in [0, 0.05) is 18.4 Å². The summed E-state index contributed by atoms with van der Waals surface area (Å²) in [6, 6.07) is 6.72. The van der Waals surface area contributed by atoms with E-state index in [1.54, 1.807) is 14.2 Å². The van der Waals surface area contributed by atoms with Gasteiger partial charge in [0.15, 0.2) is 23.0 Å². The van der Waals surface area contributed by atoms with Crippen molar-refractivity contribution in [1.29, 1.82) is 0 Å². The van der Waals surface area contributed by atoms with Crippen molar-refractivity contribution in [2.45, 2.75) is 38.8 Å². The molecule has 2 heterocycles. The third kappa shape index (κ3) is 3.38. The summed E-state index contributed by atoms with van der Waals surface area (Å²) in [6.07, 6.45) is 1.94. The molecule has 6 heteroatoms. The van der Waals surface area contributed by atoms with E-state index in [4.69, 9.17) is 14.2 Å². The first-order valence-corrected chi connectivity index (χ1v) is 10.8. The zero-order valence-electron chi connectivity index (χ0n) is 18.9. The highest BCUT2D eigenvalue weighted by Gasteiger charge is 2.33. The molecule has 0 aromatic heterocycles. The van der Waals surface area contributed by atoms with Gasteiger partial charge in [0.05, 0.1) is 47.0 Å². The highest BCUT2D eigenvalue weighted by atomic mass is 16.5. The van der Waals surface area contributed by atoms with Gasteiger partial charge in [-0.15, -0.1) is 0 Å². The predicted octanol–water partition coefficient (Wildman–Crippen LogP) is 1.47. The van der Waals surface area contributed by atoms with E-state index < -0.39 is 0 Å². The number of phenols is 1. The van der Waals surface area contributed by atoms with Crippen LogP contribution in [0, 0.1) is 0 Å². The minimum atomic E-state index is 0.0494. The van der Waals surface area contributed by atoms with E-state index in [9.17, 15) is 5.11 Å². The topological polar surface area (TPSA) is 56.8 Å². The maximum atomic E-state index is 11.0. The van der Waals surface area contributed by atoms with Gasteiger partial charge in [-0.2, -0.15) is 0 Å². The molecule has 0 fully saturated rings. The number of methoxy groups -OCH3 is 2. The fraction of sp³-hybridized carbons (Fsp3) is 0.500. The lowest BCUT2D eigenvalue weighted by molar-refractivity contribution is -0.912. The van der Waals surface area contributed by atoms with Gasteiger partial charge in [-0.05, 0) is 43.2 Å². The molecule has 0 amide bonds. The van der Waals surface area contributed by atoms with Crippen LogP contribution in [0.3, 0.4) is 0 Å². The van der Waals surface area contributed by atoms with E-state index in [2.05, 4.69) is 40.1 Å². The molecular formula is C24H34N2O4+2. The fourth-order valence-electron chi connectivity index (χ4n) is 4.83. The Labute approximate surface area is 179 Å². The van der Waals surface area contributed by atoms with Crippen molar-refractivity contribution in [3.05, 3.63) is 40.5 Å². The normalized spacial score (nSPS) is 25.3. The third-order valence-corrected chi connectivity index (χ3v) is 7.16. The second-order valence-corrected chi connectivity index (χ2v) is 8.77. The van der Waals surface area contributed by atoms with Gasteiger partial charge >= 0.3 is 0 Å². The average Bonchev–Trinajstić information content (AvgIpc) is 2.75. The summed E-state index contributed by atoms with van der Waals surface area (Å²) in [5, 5.41) is 11.0. The first-order valence-electron chi connectivity index (χ1n) is 10.8. The van der Waals surface area contributed by atoms with E-state index in [0.717, 1.165) is 31.5 Å². The van der Waals surface area contributed by atoms with Crippen LogP contribution in [0.4, 0.5) is 0 Å². The maximum Gasteiger partial charge on any atom is 0.201 e. The quantitative estimate of drug-likeness (QED) is 0.709. The first kappa shape index (κ1) is 20.8. The number of phenolic OH excluding ortho intramolecular Hbond substituents is 1. The van der Waals surface area contributed by atoms with E-state index in [0.29, 0.717) is 29.0 Å². The number of rotatable bonds is 4. The standard InChI is InChI=1S/C24H32N2O4/c1-14-18-13-20(19(28-5)11-16(18)7-9-25(14)3)30-24-22-15(2)26(4)10-8-17(22)12-21(29-6)23(24)27/h11-15,27H,7-10H2,1-6H3/p+2/t14-,15+/m0/s1. The molecule has 3 N–H and O–H groups in total.